The van der Waals surface area contributed by atoms with Crippen molar-refractivity contribution in [3.8, 4) is 0 Å². The zero-order chi connectivity index (χ0) is 25.2. The Labute approximate surface area is 217 Å². The first-order valence-corrected chi connectivity index (χ1v) is 13.3. The summed E-state index contributed by atoms with van der Waals surface area (Å²) in [6.45, 7) is 1.83. The van der Waals surface area contributed by atoms with E-state index in [2.05, 4.69) is 15.4 Å². The van der Waals surface area contributed by atoms with Crippen molar-refractivity contribution in [2.45, 2.75) is 11.8 Å². The number of ether oxygens (including phenoxy) is 1. The largest absolute Gasteiger partial charge is 0.465 e. The normalized spacial score (nSPS) is 11.2. The predicted molar refractivity (Wildman–Crippen MR) is 146 cm³/mol. The number of halogens is 1. The van der Waals surface area contributed by atoms with E-state index >= 15 is 0 Å². The number of benzene rings is 3. The molecule has 4 rings (SSSR count). The number of thiophene rings is 1. The van der Waals surface area contributed by atoms with Crippen molar-refractivity contribution < 1.29 is 17.9 Å². The topological polar surface area (TPSA) is 96.5 Å². The number of esters is 1. The maximum absolute atomic E-state index is 12.7. The van der Waals surface area contributed by atoms with Gasteiger partial charge >= 0.3 is 5.97 Å². The Kier molecular flexibility index (Phi) is 7.27. The van der Waals surface area contributed by atoms with Gasteiger partial charge in [-0.25, -0.2) is 13.2 Å². The maximum Gasteiger partial charge on any atom is 0.349 e. The van der Waals surface area contributed by atoms with Crippen LogP contribution >= 0.6 is 35.2 Å². The van der Waals surface area contributed by atoms with Gasteiger partial charge in [-0.1, -0.05) is 29.8 Å². The van der Waals surface area contributed by atoms with Crippen LogP contribution in [0.5, 0.6) is 0 Å². The smallest absolute Gasteiger partial charge is 0.349 e. The van der Waals surface area contributed by atoms with Gasteiger partial charge in [0.05, 0.1) is 22.7 Å². The van der Waals surface area contributed by atoms with Crippen molar-refractivity contribution in [1.29, 1.82) is 0 Å². The lowest BCUT2D eigenvalue weighted by molar-refractivity contribution is 0.0606. The standard InChI is InChI=1S/C24H20ClN3O4S3/c1-14-5-3-4-6-19(14)28-35(30,31)17-10-7-15(8-11-17)26-24(33)27-16-9-12-18-20(13-16)34-22(21(18)25)23(29)32-2/h3-13,28H,1-2H3,(H2,26,27,33). The van der Waals surface area contributed by atoms with E-state index in [1.54, 1.807) is 36.4 Å². The lowest BCUT2D eigenvalue weighted by Gasteiger charge is -2.13. The Morgan fingerprint density at radius 1 is 1.00 bits per heavy atom. The molecule has 0 saturated carbocycles. The fourth-order valence-corrected chi connectivity index (χ4v) is 6.10. The second-order valence-electron chi connectivity index (χ2n) is 7.47. The van der Waals surface area contributed by atoms with Crippen LogP contribution in [0.1, 0.15) is 15.2 Å². The fraction of sp³-hybridized carbons (Fsp3) is 0.0833. The molecule has 3 aromatic carbocycles. The van der Waals surface area contributed by atoms with Gasteiger partial charge in [-0.2, -0.15) is 0 Å². The first kappa shape index (κ1) is 24.9. The second kappa shape index (κ2) is 10.2. The molecule has 1 aromatic heterocycles. The summed E-state index contributed by atoms with van der Waals surface area (Å²) < 4.78 is 33.6. The summed E-state index contributed by atoms with van der Waals surface area (Å²) in [4.78, 5) is 12.4. The van der Waals surface area contributed by atoms with E-state index in [4.69, 9.17) is 28.6 Å². The van der Waals surface area contributed by atoms with Crippen LogP contribution in [0.15, 0.2) is 71.6 Å². The number of nitrogens with one attached hydrogen (secondary N) is 3. The van der Waals surface area contributed by atoms with Crippen LogP contribution in [-0.2, 0) is 14.8 Å². The molecule has 0 atom stereocenters. The number of carbonyl (C=O) groups is 1. The van der Waals surface area contributed by atoms with E-state index in [0.717, 1.165) is 15.6 Å². The molecule has 0 radical (unpaired) electrons. The number of hydrogen-bond acceptors (Lipinski definition) is 6. The van der Waals surface area contributed by atoms with Gasteiger partial charge in [-0.3, -0.25) is 4.72 Å². The second-order valence-corrected chi connectivity index (χ2v) is 11.0. The fourth-order valence-electron chi connectivity index (χ4n) is 3.27. The third kappa shape index (κ3) is 5.57. The van der Waals surface area contributed by atoms with Crippen LogP contribution in [0.2, 0.25) is 5.02 Å². The highest BCUT2D eigenvalue weighted by molar-refractivity contribution is 7.92. The molecule has 0 aliphatic heterocycles. The number of carbonyl (C=O) groups excluding carboxylic acids is 1. The number of rotatable bonds is 6. The number of methoxy groups -OCH3 is 1. The Hall–Kier alpha value is -3.18. The van der Waals surface area contributed by atoms with Crippen molar-refractivity contribution in [2.24, 2.45) is 0 Å². The van der Waals surface area contributed by atoms with E-state index in [0.29, 0.717) is 32.1 Å². The molecule has 35 heavy (non-hydrogen) atoms. The van der Waals surface area contributed by atoms with E-state index in [9.17, 15) is 13.2 Å². The van der Waals surface area contributed by atoms with Gasteiger partial charge in [0.2, 0.25) is 0 Å². The van der Waals surface area contributed by atoms with Crippen LogP contribution in [0, 0.1) is 6.92 Å². The highest BCUT2D eigenvalue weighted by atomic mass is 35.5. The molecular formula is C24H20ClN3O4S3. The molecule has 0 spiro atoms. The number of hydrogen-bond donors (Lipinski definition) is 3. The molecule has 180 valence electrons. The molecule has 0 saturated heterocycles. The van der Waals surface area contributed by atoms with Crippen LogP contribution < -0.4 is 15.4 Å². The highest BCUT2D eigenvalue weighted by Gasteiger charge is 2.18. The first-order chi connectivity index (χ1) is 16.7. The number of sulfonamides is 1. The SMILES string of the molecule is COC(=O)c1sc2cc(NC(=S)Nc3ccc(S(=O)(=O)Nc4ccccc4C)cc3)ccc2c1Cl. The summed E-state index contributed by atoms with van der Waals surface area (Å²) in [5.41, 5.74) is 2.68. The summed E-state index contributed by atoms with van der Waals surface area (Å²) in [6.07, 6.45) is 0. The molecular weight excluding hydrogens is 526 g/mol. The number of anilines is 3. The summed E-state index contributed by atoms with van der Waals surface area (Å²) in [5.74, 6) is -0.484. The minimum atomic E-state index is -3.73. The molecule has 0 amide bonds. The van der Waals surface area contributed by atoms with Gasteiger partial charge in [0.25, 0.3) is 10.0 Å². The summed E-state index contributed by atoms with van der Waals surface area (Å²) in [6, 6.07) is 18.9. The molecule has 0 bridgehead atoms. The Bertz CT molecular complexity index is 1530. The molecule has 1 heterocycles. The zero-order valence-electron chi connectivity index (χ0n) is 18.6. The Morgan fingerprint density at radius 3 is 2.34 bits per heavy atom. The molecule has 0 fully saturated rings. The third-order valence-electron chi connectivity index (χ3n) is 5.07. The van der Waals surface area contributed by atoms with Gasteiger partial charge < -0.3 is 15.4 Å². The summed E-state index contributed by atoms with van der Waals surface area (Å²) in [5, 5.41) is 7.52. The molecule has 0 aliphatic rings. The minimum absolute atomic E-state index is 0.131. The number of fused-ring (bicyclic) bond motifs is 1. The quantitative estimate of drug-likeness (QED) is 0.194. The van der Waals surface area contributed by atoms with Gasteiger partial charge in [-0.15, -0.1) is 11.3 Å². The predicted octanol–water partition coefficient (Wildman–Crippen LogP) is 6.26. The van der Waals surface area contributed by atoms with Crippen molar-refractivity contribution in [1.82, 2.24) is 0 Å². The van der Waals surface area contributed by atoms with Crippen LogP contribution in [0.3, 0.4) is 0 Å². The van der Waals surface area contributed by atoms with E-state index in [-0.39, 0.29) is 4.90 Å². The Balaban J connectivity index is 1.43. The van der Waals surface area contributed by atoms with E-state index in [1.165, 1.54) is 30.6 Å². The number of thiocarbonyl (C=S) groups is 1. The molecule has 0 unspecified atom stereocenters. The van der Waals surface area contributed by atoms with E-state index in [1.807, 2.05) is 25.1 Å². The summed E-state index contributed by atoms with van der Waals surface area (Å²) >= 11 is 12.9. The lowest BCUT2D eigenvalue weighted by Crippen LogP contribution is -2.19. The minimum Gasteiger partial charge on any atom is -0.465 e. The van der Waals surface area contributed by atoms with Crippen molar-refractivity contribution >= 4 is 83.4 Å². The van der Waals surface area contributed by atoms with Gasteiger partial charge in [-0.05, 0) is 73.2 Å². The lowest BCUT2D eigenvalue weighted by atomic mass is 10.2. The van der Waals surface area contributed by atoms with Gasteiger partial charge in [0, 0.05) is 21.5 Å². The number of para-hydroxylation sites is 1. The molecule has 11 heteroatoms. The van der Waals surface area contributed by atoms with Crippen molar-refractivity contribution in [3.05, 3.63) is 82.2 Å². The molecule has 4 aromatic rings. The monoisotopic (exact) mass is 545 g/mol. The van der Waals surface area contributed by atoms with Crippen molar-refractivity contribution in [2.75, 3.05) is 22.5 Å². The molecule has 7 nitrogen and oxygen atoms in total. The average molecular weight is 546 g/mol. The third-order valence-corrected chi connectivity index (χ3v) is 8.29. The molecule has 0 aliphatic carbocycles. The maximum atomic E-state index is 12.7. The van der Waals surface area contributed by atoms with E-state index < -0.39 is 16.0 Å². The van der Waals surface area contributed by atoms with Gasteiger partial charge in [0.1, 0.15) is 4.88 Å². The van der Waals surface area contributed by atoms with Gasteiger partial charge in [0.15, 0.2) is 5.11 Å². The average Bonchev–Trinajstić information content (AvgIpc) is 3.16. The Morgan fingerprint density at radius 2 is 1.66 bits per heavy atom. The molecule has 3 N–H and O–H groups in total. The zero-order valence-corrected chi connectivity index (χ0v) is 21.8. The number of aryl methyl sites for hydroxylation is 1. The van der Waals surface area contributed by atoms with Crippen molar-refractivity contribution in [3.63, 3.8) is 0 Å². The van der Waals surface area contributed by atoms with Crippen LogP contribution in [-0.4, -0.2) is 26.6 Å². The van der Waals surface area contributed by atoms with Crippen LogP contribution in [0.25, 0.3) is 10.1 Å². The first-order valence-electron chi connectivity index (χ1n) is 10.2. The summed E-state index contributed by atoms with van der Waals surface area (Å²) in [7, 11) is -2.42. The highest BCUT2D eigenvalue weighted by Crippen LogP contribution is 2.37. The van der Waals surface area contributed by atoms with Crippen LogP contribution in [0.4, 0.5) is 17.1 Å².